The smallest absolute Gasteiger partial charge is 0.253 e. The average molecular weight is 979 g/mol. The van der Waals surface area contributed by atoms with E-state index in [1.165, 1.54) is 5.56 Å². The zero-order chi connectivity index (χ0) is 45.3. The van der Waals surface area contributed by atoms with E-state index in [0.717, 1.165) is 36.3 Å². The minimum atomic E-state index is -0.627. The number of carbonyl (C=O) groups excluding carboxylic acids is 2. The Labute approximate surface area is 386 Å². The second-order valence-electron chi connectivity index (χ2n) is 16.8. The molecule has 4 aromatic carbocycles. The lowest BCUT2D eigenvalue weighted by atomic mass is 9.80. The lowest BCUT2D eigenvalue weighted by Crippen LogP contribution is -2.58. The molecule has 4 aliphatic rings. The summed E-state index contributed by atoms with van der Waals surface area (Å²) in [5.41, 5.74) is 2.35. The van der Waals surface area contributed by atoms with Gasteiger partial charge in [0.05, 0.1) is 32.5 Å². The number of para-hydroxylation sites is 2. The molecule has 2 amide bonds. The number of aliphatic hydroxyl groups excluding tert-OH is 1. The molecule has 4 aliphatic heterocycles. The molecule has 2 saturated heterocycles. The van der Waals surface area contributed by atoms with Crippen LogP contribution in [0.1, 0.15) is 85.2 Å². The minimum Gasteiger partial charge on any atom is -0.493 e. The molecule has 2 unspecified atom stereocenters. The Bertz CT molecular complexity index is 2160. The molecule has 0 aliphatic carbocycles. The topological polar surface area (TPSA) is 125 Å². The van der Waals surface area contributed by atoms with Crippen molar-refractivity contribution in [3.8, 4) is 34.5 Å². The number of carbonyl (C=O) groups is 2. The van der Waals surface area contributed by atoms with E-state index in [1.807, 2.05) is 84.9 Å². The van der Waals surface area contributed by atoms with Crippen LogP contribution in [0.25, 0.3) is 0 Å². The third-order valence-corrected chi connectivity index (χ3v) is 12.2. The molecule has 63 heavy (non-hydrogen) atoms. The van der Waals surface area contributed by atoms with Crippen LogP contribution in [0.3, 0.4) is 0 Å². The highest BCUT2D eigenvalue weighted by molar-refractivity contribution is 14.1. The standard InChI is InChI=1S/C25H31NO5.C24H29NO5.CH3I/c1-17(2)30-21-10-9-19(15-22(21)28-3)24(27)26-13-11-25(12-14-26)23(29-4)16-18-7-5-6-8-20(18)31-25;1-16(2)29-20-9-8-18(14-21(20)28-3)23(27)25-12-10-24(11-13-25)22(26)15-17-6-4-5-7-19(17)30-24;1-2/h5-10,15,17,23H,11-14,16H2,1-4H3;4-9,14,16,22,26H,10-13,15H2,1-3H3;1H3. The number of piperidine rings is 2. The number of likely N-dealkylation sites (tertiary alicyclic amines) is 2. The summed E-state index contributed by atoms with van der Waals surface area (Å²) in [7, 11) is 4.90. The number of hydrogen-bond acceptors (Lipinski definition) is 10. The molecule has 0 aromatic heterocycles. The van der Waals surface area contributed by atoms with Crippen LogP contribution in [0.15, 0.2) is 84.9 Å². The van der Waals surface area contributed by atoms with E-state index in [9.17, 15) is 14.7 Å². The molecule has 0 bridgehead atoms. The van der Waals surface area contributed by atoms with Gasteiger partial charge in [0.15, 0.2) is 23.0 Å². The number of hydrogen-bond donors (Lipinski definition) is 1. The number of nitrogens with zero attached hydrogens (tertiary/aromatic N) is 2. The van der Waals surface area contributed by atoms with E-state index in [-0.39, 0.29) is 30.1 Å². The van der Waals surface area contributed by atoms with Gasteiger partial charge in [-0.25, -0.2) is 0 Å². The summed E-state index contributed by atoms with van der Waals surface area (Å²) in [5.74, 6) is 4.10. The molecule has 2 spiro atoms. The fourth-order valence-corrected chi connectivity index (χ4v) is 8.90. The first-order chi connectivity index (χ1) is 30.4. The average Bonchev–Trinajstić information content (AvgIpc) is 3.30. The lowest BCUT2D eigenvalue weighted by Gasteiger charge is -2.48. The Morgan fingerprint density at radius 3 is 1.46 bits per heavy atom. The number of methoxy groups -OCH3 is 3. The predicted octanol–water partition coefficient (Wildman–Crippen LogP) is 8.61. The van der Waals surface area contributed by atoms with Crippen LogP contribution >= 0.6 is 22.6 Å². The molecule has 4 aromatic rings. The van der Waals surface area contributed by atoms with Crippen molar-refractivity contribution in [3.05, 3.63) is 107 Å². The number of rotatable bonds is 9. The van der Waals surface area contributed by atoms with Crippen molar-refractivity contribution in [2.45, 2.75) is 102 Å². The highest BCUT2D eigenvalue weighted by Crippen LogP contribution is 2.42. The second-order valence-corrected chi connectivity index (χ2v) is 16.8. The fraction of sp³-hybridized carbons (Fsp3) is 0.480. The van der Waals surface area contributed by atoms with Gasteiger partial charge in [-0.2, -0.15) is 0 Å². The maximum Gasteiger partial charge on any atom is 0.253 e. The molecule has 8 rings (SSSR count). The van der Waals surface area contributed by atoms with Crippen molar-refractivity contribution < 1.29 is 47.9 Å². The van der Waals surface area contributed by atoms with Gasteiger partial charge in [0, 0.05) is 82.9 Å². The Hall–Kier alpha value is -4.73. The quantitative estimate of drug-likeness (QED) is 0.129. The Morgan fingerprint density at radius 1 is 0.619 bits per heavy atom. The molecule has 4 heterocycles. The zero-order valence-electron chi connectivity index (χ0n) is 37.9. The SMILES string of the molecule is CI.COc1cc(C(=O)N2CCC3(CC2)Oc2ccccc2CC3O)ccc1OC(C)C.COc1cc(C(=O)N2CCC3(CC2)Oc2ccccc2CC3OC)ccc1OC(C)C. The van der Waals surface area contributed by atoms with E-state index in [0.29, 0.717) is 79.6 Å². The summed E-state index contributed by atoms with van der Waals surface area (Å²) in [4.78, 5) is 31.9. The van der Waals surface area contributed by atoms with Crippen LogP contribution < -0.4 is 28.4 Å². The molecular formula is C50H63IN2O10. The van der Waals surface area contributed by atoms with Gasteiger partial charge < -0.3 is 48.1 Å². The van der Waals surface area contributed by atoms with Gasteiger partial charge in [0.25, 0.3) is 11.8 Å². The summed E-state index contributed by atoms with van der Waals surface area (Å²) >= 11 is 2.15. The van der Waals surface area contributed by atoms with Gasteiger partial charge in [-0.3, -0.25) is 9.59 Å². The monoisotopic (exact) mass is 978 g/mol. The lowest BCUT2D eigenvalue weighted by molar-refractivity contribution is -0.112. The highest BCUT2D eigenvalue weighted by Gasteiger charge is 2.49. The van der Waals surface area contributed by atoms with E-state index < -0.39 is 17.3 Å². The zero-order valence-corrected chi connectivity index (χ0v) is 40.0. The number of alkyl halides is 1. The number of amides is 2. The summed E-state index contributed by atoms with van der Waals surface area (Å²) in [6.45, 7) is 10.1. The van der Waals surface area contributed by atoms with Gasteiger partial charge in [-0.15, -0.1) is 0 Å². The van der Waals surface area contributed by atoms with Gasteiger partial charge >= 0.3 is 0 Å². The third kappa shape index (κ3) is 10.8. The minimum absolute atomic E-state index is 0.00516. The fourth-order valence-electron chi connectivity index (χ4n) is 8.90. The Balaban J connectivity index is 0.000000202. The number of aliphatic hydroxyl groups is 1. The van der Waals surface area contributed by atoms with Crippen molar-refractivity contribution in [2.75, 3.05) is 52.4 Å². The number of benzene rings is 4. The number of fused-ring (bicyclic) bond motifs is 2. The van der Waals surface area contributed by atoms with Crippen molar-refractivity contribution >= 4 is 34.4 Å². The van der Waals surface area contributed by atoms with Crippen LogP contribution in [-0.4, -0.2) is 115 Å². The summed E-state index contributed by atoms with van der Waals surface area (Å²) in [5, 5.41) is 10.8. The number of halogens is 1. The van der Waals surface area contributed by atoms with Crippen LogP contribution in [0.5, 0.6) is 34.5 Å². The van der Waals surface area contributed by atoms with Gasteiger partial charge in [0.2, 0.25) is 0 Å². The highest BCUT2D eigenvalue weighted by atomic mass is 127. The van der Waals surface area contributed by atoms with Crippen molar-refractivity contribution in [2.24, 2.45) is 0 Å². The molecule has 2 atom stereocenters. The summed E-state index contributed by atoms with van der Waals surface area (Å²) in [6.07, 6.45) is 3.53. The second kappa shape index (κ2) is 21.3. The maximum absolute atomic E-state index is 13.2. The molecule has 13 heteroatoms. The van der Waals surface area contributed by atoms with Crippen molar-refractivity contribution in [1.82, 2.24) is 9.80 Å². The third-order valence-electron chi connectivity index (χ3n) is 12.2. The van der Waals surface area contributed by atoms with Crippen molar-refractivity contribution in [1.29, 1.82) is 0 Å². The summed E-state index contributed by atoms with van der Waals surface area (Å²) in [6, 6.07) is 26.6. The van der Waals surface area contributed by atoms with Gasteiger partial charge in [-0.1, -0.05) is 59.0 Å². The molecule has 2 fully saturated rings. The first kappa shape index (κ1) is 47.7. The Morgan fingerprint density at radius 2 is 1.03 bits per heavy atom. The van der Waals surface area contributed by atoms with Crippen LogP contribution in [0.2, 0.25) is 0 Å². The van der Waals surface area contributed by atoms with E-state index >= 15 is 0 Å². The van der Waals surface area contributed by atoms with E-state index in [4.69, 9.17) is 33.2 Å². The number of ether oxygens (including phenoxy) is 7. The van der Waals surface area contributed by atoms with Crippen molar-refractivity contribution in [3.63, 3.8) is 0 Å². The molecular weight excluding hydrogens is 915 g/mol. The van der Waals surface area contributed by atoms with Crippen LogP contribution in [-0.2, 0) is 17.6 Å². The Kier molecular flexibility index (Phi) is 16.1. The first-order valence-electron chi connectivity index (χ1n) is 21.8. The molecule has 340 valence electrons. The van der Waals surface area contributed by atoms with Crippen LogP contribution in [0.4, 0.5) is 0 Å². The molecule has 12 nitrogen and oxygen atoms in total. The molecule has 0 saturated carbocycles. The molecule has 0 radical (unpaired) electrons. The predicted molar refractivity (Wildman–Crippen MR) is 252 cm³/mol. The van der Waals surface area contributed by atoms with E-state index in [2.05, 4.69) is 28.7 Å². The summed E-state index contributed by atoms with van der Waals surface area (Å²) < 4.78 is 41.0. The van der Waals surface area contributed by atoms with E-state index in [1.54, 1.807) is 57.7 Å². The first-order valence-corrected chi connectivity index (χ1v) is 23.9. The van der Waals surface area contributed by atoms with Gasteiger partial charge in [-0.05, 0) is 92.3 Å². The maximum atomic E-state index is 13.2. The normalized spacial score (nSPS) is 19.2. The largest absolute Gasteiger partial charge is 0.493 e. The molecule has 1 N–H and O–H groups in total. The van der Waals surface area contributed by atoms with Crippen LogP contribution in [0, 0.1) is 0 Å². The van der Waals surface area contributed by atoms with Gasteiger partial charge in [0.1, 0.15) is 28.8 Å².